The van der Waals surface area contributed by atoms with Gasteiger partial charge in [0.2, 0.25) is 0 Å². The van der Waals surface area contributed by atoms with Gasteiger partial charge in [-0.25, -0.2) is 9.78 Å². The number of rotatable bonds is 3. The molecule has 3 heterocycles. The van der Waals surface area contributed by atoms with E-state index >= 15 is 0 Å². The molecule has 2 unspecified atom stereocenters. The molecule has 1 aliphatic rings. The topological polar surface area (TPSA) is 75.9 Å². The molecule has 0 radical (unpaired) electrons. The molecular weight excluding hydrogens is 246 g/mol. The normalized spacial score (nSPS) is 22.8. The Labute approximate surface area is 110 Å². The number of nitrogens with one attached hydrogen (secondary N) is 1. The van der Waals surface area contributed by atoms with E-state index in [9.17, 15) is 9.90 Å². The molecule has 2 N–H and O–H groups in total. The Hall–Kier alpha value is -2.08. The van der Waals surface area contributed by atoms with Crippen molar-refractivity contribution in [2.75, 3.05) is 11.9 Å². The number of hydrogen-bond acceptors (Lipinski definition) is 4. The van der Waals surface area contributed by atoms with E-state index in [0.717, 1.165) is 6.42 Å². The van der Waals surface area contributed by atoms with Crippen molar-refractivity contribution in [3.05, 3.63) is 30.1 Å². The van der Waals surface area contributed by atoms with Crippen molar-refractivity contribution < 1.29 is 14.6 Å². The monoisotopic (exact) mass is 261 g/mol. The van der Waals surface area contributed by atoms with E-state index in [4.69, 9.17) is 4.74 Å². The highest BCUT2D eigenvalue weighted by Crippen LogP contribution is 2.22. The first-order valence-corrected chi connectivity index (χ1v) is 6.25. The Morgan fingerprint density at radius 1 is 1.58 bits per heavy atom. The zero-order chi connectivity index (χ0) is 13.4. The second-order valence-electron chi connectivity index (χ2n) is 4.66. The number of hydrogen-bond donors (Lipinski definition) is 2. The van der Waals surface area contributed by atoms with Crippen LogP contribution in [0.25, 0.3) is 5.65 Å². The summed E-state index contributed by atoms with van der Waals surface area (Å²) in [6.45, 7) is 2.66. The highest BCUT2D eigenvalue weighted by molar-refractivity contribution is 5.93. The minimum absolute atomic E-state index is 0.0615. The molecule has 1 fully saturated rings. The molecule has 2 atom stereocenters. The van der Waals surface area contributed by atoms with Crippen molar-refractivity contribution in [2.45, 2.75) is 25.5 Å². The molecule has 0 bridgehead atoms. The van der Waals surface area contributed by atoms with Crippen LogP contribution < -0.4 is 5.32 Å². The van der Waals surface area contributed by atoms with Gasteiger partial charge in [0, 0.05) is 12.8 Å². The number of imidazole rings is 1. The predicted molar refractivity (Wildman–Crippen MR) is 69.6 cm³/mol. The van der Waals surface area contributed by atoms with Gasteiger partial charge in [-0.2, -0.15) is 0 Å². The number of fused-ring (bicyclic) bond motifs is 1. The molecule has 1 saturated heterocycles. The number of nitrogens with zero attached hydrogens (tertiary/aromatic N) is 2. The third-order valence-corrected chi connectivity index (χ3v) is 3.43. The molecule has 0 spiro atoms. The minimum Gasteiger partial charge on any atom is -0.476 e. The van der Waals surface area contributed by atoms with Crippen LogP contribution in [0.2, 0.25) is 0 Å². The van der Waals surface area contributed by atoms with E-state index in [2.05, 4.69) is 10.3 Å². The summed E-state index contributed by atoms with van der Waals surface area (Å²) < 4.78 is 7.04. The molecule has 19 heavy (non-hydrogen) atoms. The van der Waals surface area contributed by atoms with Crippen LogP contribution >= 0.6 is 0 Å². The van der Waals surface area contributed by atoms with Crippen molar-refractivity contribution in [2.24, 2.45) is 0 Å². The Morgan fingerprint density at radius 2 is 2.42 bits per heavy atom. The maximum atomic E-state index is 11.4. The van der Waals surface area contributed by atoms with Crippen LogP contribution in [0.15, 0.2) is 24.4 Å². The maximum Gasteiger partial charge on any atom is 0.356 e. The summed E-state index contributed by atoms with van der Waals surface area (Å²) in [6, 6.07) is 5.50. The van der Waals surface area contributed by atoms with E-state index in [1.807, 2.05) is 13.0 Å². The largest absolute Gasteiger partial charge is 0.476 e. The smallest absolute Gasteiger partial charge is 0.356 e. The summed E-state index contributed by atoms with van der Waals surface area (Å²) in [5.74, 6) is -0.589. The standard InChI is InChI=1S/C13H15N3O3/c1-8-9(5-7-19-8)14-12-11(13(17)18)16-6-3-2-4-10(16)15-12/h2-4,6,8-9,14H,5,7H2,1H3,(H,17,18). The van der Waals surface area contributed by atoms with Crippen LogP contribution in [0.1, 0.15) is 23.8 Å². The van der Waals surface area contributed by atoms with E-state index in [1.165, 1.54) is 0 Å². The third-order valence-electron chi connectivity index (χ3n) is 3.43. The average molecular weight is 261 g/mol. The van der Waals surface area contributed by atoms with Crippen LogP contribution in [0.5, 0.6) is 0 Å². The van der Waals surface area contributed by atoms with Gasteiger partial charge in [0.25, 0.3) is 0 Å². The van der Waals surface area contributed by atoms with Gasteiger partial charge >= 0.3 is 5.97 Å². The summed E-state index contributed by atoms with van der Waals surface area (Å²) >= 11 is 0. The Balaban J connectivity index is 2.02. The summed E-state index contributed by atoms with van der Waals surface area (Å²) in [7, 11) is 0. The van der Waals surface area contributed by atoms with E-state index in [-0.39, 0.29) is 17.8 Å². The molecule has 3 rings (SSSR count). The Morgan fingerprint density at radius 3 is 3.11 bits per heavy atom. The number of aromatic nitrogens is 2. The quantitative estimate of drug-likeness (QED) is 0.878. The second kappa shape index (κ2) is 4.55. The lowest BCUT2D eigenvalue weighted by Crippen LogP contribution is -2.27. The van der Waals surface area contributed by atoms with Gasteiger partial charge in [0.15, 0.2) is 11.5 Å². The third kappa shape index (κ3) is 2.04. The lowest BCUT2D eigenvalue weighted by Gasteiger charge is -2.15. The van der Waals surface area contributed by atoms with E-state index < -0.39 is 5.97 Å². The van der Waals surface area contributed by atoms with Crippen LogP contribution in [-0.2, 0) is 4.74 Å². The van der Waals surface area contributed by atoms with Crippen molar-refractivity contribution >= 4 is 17.4 Å². The fourth-order valence-corrected chi connectivity index (χ4v) is 2.40. The number of carbonyl (C=O) groups is 1. The Bertz CT molecular complexity index is 623. The molecule has 0 amide bonds. The molecular formula is C13H15N3O3. The molecule has 2 aromatic rings. The van der Waals surface area contributed by atoms with Crippen molar-refractivity contribution in [3.8, 4) is 0 Å². The maximum absolute atomic E-state index is 11.4. The van der Waals surface area contributed by atoms with Crippen LogP contribution in [-0.4, -0.2) is 39.2 Å². The van der Waals surface area contributed by atoms with Gasteiger partial charge in [0.05, 0.1) is 12.1 Å². The fraction of sp³-hybridized carbons (Fsp3) is 0.385. The lowest BCUT2D eigenvalue weighted by molar-refractivity contribution is 0.0690. The van der Waals surface area contributed by atoms with Gasteiger partial charge in [0.1, 0.15) is 5.65 Å². The van der Waals surface area contributed by atoms with Gasteiger partial charge in [-0.15, -0.1) is 0 Å². The van der Waals surface area contributed by atoms with Crippen molar-refractivity contribution in [1.29, 1.82) is 0 Å². The van der Waals surface area contributed by atoms with Crippen molar-refractivity contribution in [1.82, 2.24) is 9.38 Å². The van der Waals surface area contributed by atoms with E-state index in [1.54, 1.807) is 22.7 Å². The zero-order valence-corrected chi connectivity index (χ0v) is 10.5. The SMILES string of the molecule is CC1OCCC1Nc1nc2ccccn2c1C(=O)O. The molecule has 100 valence electrons. The fourth-order valence-electron chi connectivity index (χ4n) is 2.40. The van der Waals surface area contributed by atoms with Gasteiger partial charge < -0.3 is 15.2 Å². The predicted octanol–water partition coefficient (Wildman–Crippen LogP) is 1.62. The highest BCUT2D eigenvalue weighted by atomic mass is 16.5. The first kappa shape index (κ1) is 12.0. The van der Waals surface area contributed by atoms with Crippen LogP contribution in [0.4, 0.5) is 5.82 Å². The van der Waals surface area contributed by atoms with Gasteiger partial charge in [-0.1, -0.05) is 6.07 Å². The second-order valence-corrected chi connectivity index (χ2v) is 4.66. The summed E-state index contributed by atoms with van der Waals surface area (Å²) in [4.78, 5) is 15.8. The summed E-state index contributed by atoms with van der Waals surface area (Å²) in [5.41, 5.74) is 0.781. The molecule has 6 heteroatoms. The van der Waals surface area contributed by atoms with Crippen LogP contribution in [0.3, 0.4) is 0 Å². The molecule has 0 aromatic carbocycles. The molecule has 1 aliphatic heterocycles. The first-order valence-electron chi connectivity index (χ1n) is 6.25. The van der Waals surface area contributed by atoms with Gasteiger partial charge in [-0.3, -0.25) is 4.40 Å². The highest BCUT2D eigenvalue weighted by Gasteiger charge is 2.27. The molecule has 0 aliphatic carbocycles. The molecule has 6 nitrogen and oxygen atoms in total. The summed E-state index contributed by atoms with van der Waals surface area (Å²) in [5, 5.41) is 12.6. The number of carboxylic acids is 1. The zero-order valence-electron chi connectivity index (χ0n) is 10.5. The first-order chi connectivity index (χ1) is 9.16. The van der Waals surface area contributed by atoms with Gasteiger partial charge in [-0.05, 0) is 25.5 Å². The number of carboxylic acid groups (broad SMARTS) is 1. The minimum atomic E-state index is -0.993. The number of anilines is 1. The Kier molecular flexibility index (Phi) is 2.87. The molecule has 2 aromatic heterocycles. The van der Waals surface area contributed by atoms with Crippen LogP contribution in [0, 0.1) is 0 Å². The lowest BCUT2D eigenvalue weighted by atomic mass is 10.1. The summed E-state index contributed by atoms with van der Waals surface area (Å²) in [6.07, 6.45) is 2.62. The van der Waals surface area contributed by atoms with Crippen molar-refractivity contribution in [3.63, 3.8) is 0 Å². The number of ether oxygens (including phenoxy) is 1. The number of pyridine rings is 1. The van der Waals surface area contributed by atoms with E-state index in [0.29, 0.717) is 18.1 Å². The molecule has 0 saturated carbocycles. The number of aromatic carboxylic acids is 1. The average Bonchev–Trinajstić information content (AvgIpc) is 2.93.